The smallest absolute Gasteiger partial charge is 0.193 e. The van der Waals surface area contributed by atoms with Gasteiger partial charge in [0.2, 0.25) is 0 Å². The van der Waals surface area contributed by atoms with Crippen molar-refractivity contribution < 1.29 is 4.79 Å². The molecule has 0 fully saturated rings. The summed E-state index contributed by atoms with van der Waals surface area (Å²) in [5.74, 6) is 0.127. The zero-order chi connectivity index (χ0) is 14.2. The number of rotatable bonds is 2. The number of carbonyl (C=O) groups excluding carboxylic acids is 1. The summed E-state index contributed by atoms with van der Waals surface area (Å²) in [7, 11) is 0. The molecule has 0 atom stereocenters. The molecular formula is C18H20O. The fourth-order valence-electron chi connectivity index (χ4n) is 2.33. The Balaban J connectivity index is 2.56. The Labute approximate surface area is 115 Å². The van der Waals surface area contributed by atoms with Gasteiger partial charge in [-0.2, -0.15) is 0 Å². The first-order valence-electron chi connectivity index (χ1n) is 6.60. The second-order valence-corrected chi connectivity index (χ2v) is 5.40. The topological polar surface area (TPSA) is 17.1 Å². The summed E-state index contributed by atoms with van der Waals surface area (Å²) in [5.41, 5.74) is 7.23. The fraction of sp³-hybridized carbons (Fsp3) is 0.278. The molecule has 0 amide bonds. The summed E-state index contributed by atoms with van der Waals surface area (Å²) in [5, 5.41) is 0. The monoisotopic (exact) mass is 252 g/mol. The van der Waals surface area contributed by atoms with Gasteiger partial charge in [-0.3, -0.25) is 4.79 Å². The lowest BCUT2D eigenvalue weighted by Crippen LogP contribution is -2.07. The van der Waals surface area contributed by atoms with Crippen LogP contribution in [-0.2, 0) is 0 Å². The number of benzene rings is 2. The van der Waals surface area contributed by atoms with E-state index in [2.05, 4.69) is 19.9 Å². The molecule has 0 saturated heterocycles. The second kappa shape index (κ2) is 5.00. The van der Waals surface area contributed by atoms with Gasteiger partial charge in [-0.05, 0) is 69.0 Å². The molecule has 0 unspecified atom stereocenters. The van der Waals surface area contributed by atoms with Crippen LogP contribution in [-0.4, -0.2) is 5.78 Å². The maximum absolute atomic E-state index is 12.7. The Hall–Kier alpha value is -1.89. The highest BCUT2D eigenvalue weighted by Crippen LogP contribution is 2.21. The maximum Gasteiger partial charge on any atom is 0.193 e. The van der Waals surface area contributed by atoms with Gasteiger partial charge in [0.1, 0.15) is 0 Å². The predicted molar refractivity (Wildman–Crippen MR) is 80.0 cm³/mol. The van der Waals surface area contributed by atoms with Crippen molar-refractivity contribution in [1.29, 1.82) is 0 Å². The Morgan fingerprint density at radius 1 is 0.684 bits per heavy atom. The molecule has 2 aromatic carbocycles. The number of hydrogen-bond donors (Lipinski definition) is 0. The Morgan fingerprint density at radius 2 is 1.26 bits per heavy atom. The summed E-state index contributed by atoms with van der Waals surface area (Å²) >= 11 is 0. The molecule has 98 valence electrons. The first kappa shape index (κ1) is 13.5. The zero-order valence-corrected chi connectivity index (χ0v) is 12.3. The van der Waals surface area contributed by atoms with Crippen LogP contribution in [0.25, 0.3) is 0 Å². The van der Waals surface area contributed by atoms with Gasteiger partial charge in [0.15, 0.2) is 5.78 Å². The molecule has 0 spiro atoms. The first-order valence-corrected chi connectivity index (χ1v) is 6.60. The van der Waals surface area contributed by atoms with Crippen molar-refractivity contribution in [3.05, 3.63) is 69.3 Å². The molecular weight excluding hydrogens is 232 g/mol. The van der Waals surface area contributed by atoms with E-state index in [0.717, 1.165) is 27.8 Å². The van der Waals surface area contributed by atoms with Crippen LogP contribution < -0.4 is 0 Å². The van der Waals surface area contributed by atoms with Crippen molar-refractivity contribution >= 4 is 5.78 Å². The average Bonchev–Trinajstić information content (AvgIpc) is 2.36. The van der Waals surface area contributed by atoms with E-state index in [1.54, 1.807) is 0 Å². The lowest BCUT2D eigenvalue weighted by Gasteiger charge is -2.11. The van der Waals surface area contributed by atoms with E-state index >= 15 is 0 Å². The fourth-order valence-corrected chi connectivity index (χ4v) is 2.33. The van der Waals surface area contributed by atoms with E-state index < -0.39 is 0 Å². The molecule has 0 N–H and O–H groups in total. The minimum atomic E-state index is 0.127. The van der Waals surface area contributed by atoms with Gasteiger partial charge in [-0.25, -0.2) is 0 Å². The second-order valence-electron chi connectivity index (χ2n) is 5.40. The van der Waals surface area contributed by atoms with Crippen molar-refractivity contribution in [2.45, 2.75) is 34.6 Å². The highest BCUT2D eigenvalue weighted by Gasteiger charge is 2.15. The molecule has 1 heteroatoms. The van der Waals surface area contributed by atoms with E-state index in [4.69, 9.17) is 0 Å². The SMILES string of the molecule is Cc1ccc(C)c(C(=O)c2cc(C)c(C)cc2C)c1. The van der Waals surface area contributed by atoms with Crippen LogP contribution in [0.4, 0.5) is 0 Å². The normalized spacial score (nSPS) is 10.6. The molecule has 0 saturated carbocycles. The molecule has 2 rings (SSSR count). The molecule has 1 nitrogen and oxygen atoms in total. The van der Waals surface area contributed by atoms with Gasteiger partial charge in [0.05, 0.1) is 0 Å². The van der Waals surface area contributed by atoms with Crippen LogP contribution in [0.15, 0.2) is 30.3 Å². The van der Waals surface area contributed by atoms with Gasteiger partial charge < -0.3 is 0 Å². The minimum Gasteiger partial charge on any atom is -0.289 e. The third-order valence-electron chi connectivity index (χ3n) is 3.72. The number of carbonyl (C=O) groups is 1. The highest BCUT2D eigenvalue weighted by molar-refractivity contribution is 6.11. The number of ketones is 1. The van der Waals surface area contributed by atoms with Crippen molar-refractivity contribution in [2.75, 3.05) is 0 Å². The van der Waals surface area contributed by atoms with Gasteiger partial charge in [-0.15, -0.1) is 0 Å². The van der Waals surface area contributed by atoms with Gasteiger partial charge in [0.25, 0.3) is 0 Å². The molecule has 0 aliphatic rings. The summed E-state index contributed by atoms with van der Waals surface area (Å²) in [6.45, 7) is 10.1. The molecule has 0 aliphatic carbocycles. The number of hydrogen-bond acceptors (Lipinski definition) is 1. The molecule has 2 aromatic rings. The van der Waals surface area contributed by atoms with Gasteiger partial charge in [-0.1, -0.05) is 23.8 Å². The van der Waals surface area contributed by atoms with Crippen LogP contribution in [0.2, 0.25) is 0 Å². The highest BCUT2D eigenvalue weighted by atomic mass is 16.1. The Bertz CT molecular complexity index is 651. The van der Waals surface area contributed by atoms with E-state index in [9.17, 15) is 4.79 Å². The largest absolute Gasteiger partial charge is 0.289 e. The molecule has 19 heavy (non-hydrogen) atoms. The standard InChI is InChI=1S/C18H20O/c1-11-6-7-12(2)16(8-11)18(19)17-10-14(4)13(3)9-15(17)5/h6-10H,1-5H3. The summed E-state index contributed by atoms with van der Waals surface area (Å²) in [6.07, 6.45) is 0. The van der Waals surface area contributed by atoms with Crippen LogP contribution >= 0.6 is 0 Å². The van der Waals surface area contributed by atoms with Crippen LogP contribution in [0.5, 0.6) is 0 Å². The minimum absolute atomic E-state index is 0.127. The van der Waals surface area contributed by atoms with Crippen LogP contribution in [0.3, 0.4) is 0 Å². The molecule has 0 aromatic heterocycles. The zero-order valence-electron chi connectivity index (χ0n) is 12.3. The third kappa shape index (κ3) is 2.60. The van der Waals surface area contributed by atoms with Crippen LogP contribution in [0, 0.1) is 34.6 Å². The average molecular weight is 252 g/mol. The summed E-state index contributed by atoms with van der Waals surface area (Å²) < 4.78 is 0. The number of aryl methyl sites for hydroxylation is 5. The van der Waals surface area contributed by atoms with E-state index in [0.29, 0.717) is 0 Å². The predicted octanol–water partition coefficient (Wildman–Crippen LogP) is 4.46. The van der Waals surface area contributed by atoms with Gasteiger partial charge in [0, 0.05) is 11.1 Å². The Kier molecular flexibility index (Phi) is 3.57. The quantitative estimate of drug-likeness (QED) is 0.721. The summed E-state index contributed by atoms with van der Waals surface area (Å²) in [4.78, 5) is 12.7. The van der Waals surface area contributed by atoms with Crippen LogP contribution in [0.1, 0.15) is 43.7 Å². The molecule has 0 aliphatic heterocycles. The van der Waals surface area contributed by atoms with Crippen molar-refractivity contribution in [3.8, 4) is 0 Å². The van der Waals surface area contributed by atoms with E-state index in [1.165, 1.54) is 11.1 Å². The molecule has 0 heterocycles. The lowest BCUT2D eigenvalue weighted by atomic mass is 9.92. The van der Waals surface area contributed by atoms with E-state index in [-0.39, 0.29) is 5.78 Å². The Morgan fingerprint density at radius 3 is 1.95 bits per heavy atom. The lowest BCUT2D eigenvalue weighted by molar-refractivity contribution is 0.103. The van der Waals surface area contributed by atoms with E-state index in [1.807, 2.05) is 45.0 Å². The summed E-state index contributed by atoms with van der Waals surface area (Å²) in [6, 6.07) is 10.1. The van der Waals surface area contributed by atoms with Gasteiger partial charge >= 0.3 is 0 Å². The van der Waals surface area contributed by atoms with Crippen molar-refractivity contribution in [2.24, 2.45) is 0 Å². The third-order valence-corrected chi connectivity index (χ3v) is 3.72. The molecule has 0 bridgehead atoms. The first-order chi connectivity index (χ1) is 8.90. The van der Waals surface area contributed by atoms with Crippen molar-refractivity contribution in [1.82, 2.24) is 0 Å². The van der Waals surface area contributed by atoms with Crippen molar-refractivity contribution in [3.63, 3.8) is 0 Å². The maximum atomic E-state index is 12.7. The molecule has 0 radical (unpaired) electrons.